The molecule has 1 aliphatic rings. The molecule has 1 aromatic heterocycles. The number of Topliss-reactive ketones (excluding diaryl/α,β-unsaturated/α-hetero) is 1. The van der Waals surface area contributed by atoms with E-state index in [0.717, 1.165) is 10.6 Å². The van der Waals surface area contributed by atoms with Crippen molar-refractivity contribution in [1.82, 2.24) is 9.55 Å². The highest BCUT2D eigenvalue weighted by Gasteiger charge is 2.48. The first-order valence-electron chi connectivity index (χ1n) is 7.67. The number of ether oxygens (including phenoxy) is 3. The number of nitrogens with zero attached hydrogens (tertiary/aromatic N) is 1. The lowest BCUT2D eigenvalue weighted by atomic mass is 10.1. The monoisotopic (exact) mass is 356 g/mol. The van der Waals surface area contributed by atoms with Gasteiger partial charge in [0.15, 0.2) is 12.3 Å². The third kappa shape index (κ3) is 4.41. The molecule has 138 valence electrons. The SMILES string of the molecule is CO[C@H]1C(OC(=O)CCC(C)=O)[C@@H](CO)O[C@H]1n1ccc(=O)[nH]c1=O. The van der Waals surface area contributed by atoms with E-state index >= 15 is 0 Å². The molecule has 4 atom stereocenters. The van der Waals surface area contributed by atoms with Gasteiger partial charge in [-0.25, -0.2) is 4.79 Å². The normalized spacial score (nSPS) is 25.7. The molecular weight excluding hydrogens is 336 g/mol. The van der Waals surface area contributed by atoms with Crippen LogP contribution in [0.4, 0.5) is 0 Å². The second-order valence-corrected chi connectivity index (χ2v) is 5.62. The molecule has 2 N–H and O–H groups in total. The van der Waals surface area contributed by atoms with Gasteiger partial charge in [0.05, 0.1) is 13.0 Å². The van der Waals surface area contributed by atoms with Gasteiger partial charge in [-0.05, 0) is 6.92 Å². The molecule has 0 amide bonds. The van der Waals surface area contributed by atoms with Crippen molar-refractivity contribution < 1.29 is 28.9 Å². The van der Waals surface area contributed by atoms with Crippen molar-refractivity contribution in [2.75, 3.05) is 13.7 Å². The summed E-state index contributed by atoms with van der Waals surface area (Å²) in [7, 11) is 1.34. The third-order valence-corrected chi connectivity index (χ3v) is 3.81. The van der Waals surface area contributed by atoms with Crippen molar-refractivity contribution in [2.45, 2.75) is 44.3 Å². The van der Waals surface area contributed by atoms with Gasteiger partial charge >= 0.3 is 11.7 Å². The van der Waals surface area contributed by atoms with E-state index in [0.29, 0.717) is 0 Å². The summed E-state index contributed by atoms with van der Waals surface area (Å²) in [5.74, 6) is -0.793. The second kappa shape index (κ2) is 8.19. The van der Waals surface area contributed by atoms with Gasteiger partial charge in [-0.15, -0.1) is 0 Å². The molecule has 0 saturated carbocycles. The third-order valence-electron chi connectivity index (χ3n) is 3.81. The summed E-state index contributed by atoms with van der Waals surface area (Å²) in [5.41, 5.74) is -1.29. The van der Waals surface area contributed by atoms with E-state index in [4.69, 9.17) is 14.2 Å². The van der Waals surface area contributed by atoms with Crippen LogP contribution in [0.5, 0.6) is 0 Å². The molecule has 0 radical (unpaired) electrons. The zero-order valence-corrected chi connectivity index (χ0v) is 13.8. The Morgan fingerprint density at radius 3 is 2.60 bits per heavy atom. The van der Waals surface area contributed by atoms with Crippen LogP contribution in [0.15, 0.2) is 21.9 Å². The summed E-state index contributed by atoms with van der Waals surface area (Å²) < 4.78 is 17.3. The van der Waals surface area contributed by atoms with E-state index in [-0.39, 0.29) is 18.6 Å². The fourth-order valence-electron chi connectivity index (χ4n) is 2.59. The van der Waals surface area contributed by atoms with Gasteiger partial charge in [-0.2, -0.15) is 0 Å². The minimum absolute atomic E-state index is 0.0384. The van der Waals surface area contributed by atoms with E-state index in [1.165, 1.54) is 20.2 Å². The standard InChI is InChI=1S/C15H20N2O8/c1-8(19)3-4-11(21)25-12-9(7-18)24-14(13(12)23-2)17-6-5-10(20)16-15(17)22/h5-6,9,12-14,18H,3-4,7H2,1-2H3,(H,16,20,22)/t9-,12?,13+,14-/m1/s1. The van der Waals surface area contributed by atoms with Gasteiger partial charge in [-0.1, -0.05) is 0 Å². The van der Waals surface area contributed by atoms with Crippen LogP contribution in [0, 0.1) is 0 Å². The molecule has 0 spiro atoms. The zero-order valence-electron chi connectivity index (χ0n) is 13.8. The Labute approximate surface area is 142 Å². The average Bonchev–Trinajstić information content (AvgIpc) is 2.90. The Bertz CT molecular complexity index is 740. The number of hydrogen-bond donors (Lipinski definition) is 2. The van der Waals surface area contributed by atoms with Crippen molar-refractivity contribution >= 4 is 11.8 Å². The number of ketones is 1. The molecule has 0 aliphatic carbocycles. The predicted molar refractivity (Wildman–Crippen MR) is 82.9 cm³/mol. The molecule has 1 saturated heterocycles. The van der Waals surface area contributed by atoms with Crippen molar-refractivity contribution in [1.29, 1.82) is 0 Å². The van der Waals surface area contributed by atoms with Gasteiger partial charge in [0.25, 0.3) is 5.56 Å². The van der Waals surface area contributed by atoms with Gasteiger partial charge in [0, 0.05) is 25.8 Å². The summed E-state index contributed by atoms with van der Waals surface area (Å²) >= 11 is 0. The minimum Gasteiger partial charge on any atom is -0.456 e. The number of carbonyl (C=O) groups is 2. The van der Waals surface area contributed by atoms with Crippen LogP contribution < -0.4 is 11.2 Å². The Kier molecular flexibility index (Phi) is 6.23. The molecule has 2 heterocycles. The molecule has 2 rings (SSSR count). The number of aliphatic hydroxyl groups excluding tert-OH is 1. The van der Waals surface area contributed by atoms with E-state index in [1.54, 1.807) is 0 Å². The van der Waals surface area contributed by atoms with Gasteiger partial charge in [-0.3, -0.25) is 19.1 Å². The maximum Gasteiger partial charge on any atom is 0.330 e. The number of rotatable bonds is 7. The lowest BCUT2D eigenvalue weighted by molar-refractivity contribution is -0.158. The Morgan fingerprint density at radius 1 is 1.32 bits per heavy atom. The number of esters is 1. The predicted octanol–water partition coefficient (Wildman–Crippen LogP) is -1.28. The van der Waals surface area contributed by atoms with E-state index in [1.807, 2.05) is 0 Å². The topological polar surface area (TPSA) is 137 Å². The summed E-state index contributed by atoms with van der Waals surface area (Å²) in [6.45, 7) is 0.887. The highest BCUT2D eigenvalue weighted by atomic mass is 16.6. The van der Waals surface area contributed by atoms with Crippen molar-refractivity contribution in [3.63, 3.8) is 0 Å². The number of methoxy groups -OCH3 is 1. The number of aliphatic hydroxyl groups is 1. The molecule has 1 aliphatic heterocycles. The molecule has 1 unspecified atom stereocenters. The van der Waals surface area contributed by atoms with Gasteiger partial charge in [0.2, 0.25) is 0 Å². The van der Waals surface area contributed by atoms with Crippen LogP contribution in [-0.2, 0) is 23.8 Å². The largest absolute Gasteiger partial charge is 0.456 e. The molecule has 10 heteroatoms. The average molecular weight is 356 g/mol. The van der Waals surface area contributed by atoms with Crippen LogP contribution in [-0.4, -0.2) is 58.4 Å². The van der Waals surface area contributed by atoms with E-state index in [2.05, 4.69) is 4.98 Å². The first kappa shape index (κ1) is 19.0. The summed E-state index contributed by atoms with van der Waals surface area (Å²) in [5, 5.41) is 9.49. The highest BCUT2D eigenvalue weighted by Crippen LogP contribution is 2.32. The smallest absolute Gasteiger partial charge is 0.330 e. The van der Waals surface area contributed by atoms with Crippen molar-refractivity contribution in [2.24, 2.45) is 0 Å². The van der Waals surface area contributed by atoms with Gasteiger partial charge in [0.1, 0.15) is 18.0 Å². The molecule has 0 bridgehead atoms. The molecule has 1 fully saturated rings. The summed E-state index contributed by atoms with van der Waals surface area (Å²) in [6, 6.07) is 1.14. The number of nitrogens with one attached hydrogen (secondary N) is 1. The number of carbonyl (C=O) groups excluding carboxylic acids is 2. The van der Waals surface area contributed by atoms with Crippen LogP contribution in [0.1, 0.15) is 26.0 Å². The molecule has 0 aromatic carbocycles. The Balaban J connectivity index is 2.22. The van der Waals surface area contributed by atoms with Crippen LogP contribution >= 0.6 is 0 Å². The number of hydrogen-bond acceptors (Lipinski definition) is 8. The lowest BCUT2D eigenvalue weighted by Crippen LogP contribution is -2.41. The first-order chi connectivity index (χ1) is 11.9. The lowest BCUT2D eigenvalue weighted by Gasteiger charge is -2.23. The van der Waals surface area contributed by atoms with Gasteiger partial charge < -0.3 is 24.1 Å². The molecule has 25 heavy (non-hydrogen) atoms. The molecule has 1 aromatic rings. The molecule has 10 nitrogen and oxygen atoms in total. The molecular formula is C15H20N2O8. The first-order valence-corrected chi connectivity index (χ1v) is 7.67. The highest BCUT2D eigenvalue weighted by molar-refractivity contribution is 5.81. The fourth-order valence-corrected chi connectivity index (χ4v) is 2.59. The summed E-state index contributed by atoms with van der Waals surface area (Å²) in [4.78, 5) is 48.1. The van der Waals surface area contributed by atoms with Crippen molar-refractivity contribution in [3.05, 3.63) is 33.1 Å². The minimum atomic E-state index is -1.00. The van der Waals surface area contributed by atoms with E-state index < -0.39 is 48.4 Å². The Hall–Kier alpha value is -2.30. The van der Waals surface area contributed by atoms with E-state index in [9.17, 15) is 24.3 Å². The fraction of sp³-hybridized carbons (Fsp3) is 0.600. The maximum atomic E-state index is 12.0. The summed E-state index contributed by atoms with van der Waals surface area (Å²) in [6.07, 6.45) is -2.63. The van der Waals surface area contributed by atoms with Crippen LogP contribution in [0.25, 0.3) is 0 Å². The number of aromatic amines is 1. The zero-order chi connectivity index (χ0) is 18.6. The number of aromatic nitrogens is 2. The second-order valence-electron chi connectivity index (χ2n) is 5.62. The quantitative estimate of drug-likeness (QED) is 0.577. The maximum absolute atomic E-state index is 12.0. The Morgan fingerprint density at radius 2 is 2.04 bits per heavy atom. The van der Waals surface area contributed by atoms with Crippen molar-refractivity contribution in [3.8, 4) is 0 Å². The number of H-pyrrole nitrogens is 1. The van der Waals surface area contributed by atoms with Crippen LogP contribution in [0.3, 0.4) is 0 Å². The van der Waals surface area contributed by atoms with Crippen LogP contribution in [0.2, 0.25) is 0 Å².